The van der Waals surface area contributed by atoms with E-state index in [1.807, 2.05) is 0 Å². The van der Waals surface area contributed by atoms with Crippen LogP contribution in [0.2, 0.25) is 0 Å². The number of nitrogens with zero attached hydrogens (tertiary/aromatic N) is 2. The number of thiazole rings is 1. The summed E-state index contributed by atoms with van der Waals surface area (Å²) in [5.74, 6) is -11.1. The maximum Gasteiger partial charge on any atom is 0.505 e. The van der Waals surface area contributed by atoms with Crippen molar-refractivity contribution in [2.45, 2.75) is 87.7 Å². The van der Waals surface area contributed by atoms with Crippen LogP contribution in [0.5, 0.6) is 17.2 Å². The number of sulfonamides is 1. The van der Waals surface area contributed by atoms with Crippen molar-refractivity contribution in [2.75, 3.05) is 13.2 Å². The first-order valence-corrected chi connectivity index (χ1v) is 19.0. The number of fused-ring (bicyclic) bond motifs is 2. The molecule has 6 rings (SSSR count). The molecule has 0 bridgehead atoms. The molecule has 3 aliphatic rings. The van der Waals surface area contributed by atoms with Crippen LogP contribution >= 0.6 is 11.3 Å². The number of ether oxygens (including phenoxy) is 6. The van der Waals surface area contributed by atoms with Crippen LogP contribution in [0.25, 0.3) is 0 Å². The average Bonchev–Trinajstić information content (AvgIpc) is 3.83. The van der Waals surface area contributed by atoms with Crippen molar-refractivity contribution in [3.8, 4) is 17.2 Å². The summed E-state index contributed by atoms with van der Waals surface area (Å²) in [4.78, 5) is 17.2. The van der Waals surface area contributed by atoms with Gasteiger partial charge >= 0.3 is 30.0 Å². The second-order valence-electron chi connectivity index (χ2n) is 13.5. The van der Waals surface area contributed by atoms with Crippen molar-refractivity contribution in [1.82, 2.24) is 14.6 Å². The van der Waals surface area contributed by atoms with E-state index in [1.54, 1.807) is 39.8 Å². The van der Waals surface area contributed by atoms with Crippen LogP contribution in [0.15, 0.2) is 52.7 Å². The van der Waals surface area contributed by atoms with Crippen LogP contribution in [0, 0.1) is 18.8 Å². The molecular weight excluding hydrogens is 759 g/mol. The lowest BCUT2D eigenvalue weighted by atomic mass is 9.94. The molecule has 2 saturated heterocycles. The van der Waals surface area contributed by atoms with Crippen LogP contribution in [0.1, 0.15) is 43.5 Å². The summed E-state index contributed by atoms with van der Waals surface area (Å²) < 4.78 is 59.7. The summed E-state index contributed by atoms with van der Waals surface area (Å²) in [5, 5.41) is 77.0. The molecule has 19 nitrogen and oxygen atoms in total. The van der Waals surface area contributed by atoms with Crippen LogP contribution in [0.4, 0.5) is 4.79 Å². The Morgan fingerprint density at radius 2 is 1.76 bits per heavy atom. The molecule has 3 aromatic rings. The van der Waals surface area contributed by atoms with Gasteiger partial charge in [0.25, 0.3) is 0 Å². The zero-order valence-electron chi connectivity index (χ0n) is 29.3. The van der Waals surface area contributed by atoms with Gasteiger partial charge in [0, 0.05) is 30.1 Å². The maximum absolute atomic E-state index is 14.0. The number of benzene rings is 2. The normalized spacial score (nSPS) is 24.0. The lowest BCUT2D eigenvalue weighted by molar-refractivity contribution is -0.439. The van der Waals surface area contributed by atoms with Gasteiger partial charge in [-0.05, 0) is 69.4 Å². The quantitative estimate of drug-likeness (QED) is 0.106. The number of nitrogens with one attached hydrogen (secondary N) is 1. The summed E-state index contributed by atoms with van der Waals surface area (Å²) in [6.07, 6.45) is -5.41. The molecule has 0 spiro atoms. The molecule has 54 heavy (non-hydrogen) atoms. The number of aryl methyl sites for hydroxylation is 1. The largest absolute Gasteiger partial charge is 0.505 e. The Balaban J connectivity index is 1.24. The Labute approximate surface area is 312 Å². The van der Waals surface area contributed by atoms with Crippen LogP contribution in [0.3, 0.4) is 0 Å². The number of amides is 1. The van der Waals surface area contributed by atoms with E-state index in [4.69, 9.17) is 28.4 Å². The van der Waals surface area contributed by atoms with Crippen molar-refractivity contribution in [3.63, 3.8) is 0 Å². The first-order valence-electron chi connectivity index (χ1n) is 16.7. The van der Waals surface area contributed by atoms with Gasteiger partial charge in [0.05, 0.1) is 22.4 Å². The molecule has 2 aromatic carbocycles. The standard InChI is InChI=1S/C33H41N3O16S2/c1-17(2)36(54(45,46)22-9-10-25-26(14-22)50-33(43,44)49-25)15-18(3)24(35-29(37)52-30(38)23-11-12-47-28(23)51-32(30,41)42)13-20-5-7-21(8-6-20)48-31(39,40)27-16-53-19(4)34-27/h5-10,14,16-18,23-24,28,38-44H,11-13,15H2,1-4H3,(H,35,37). The fourth-order valence-corrected chi connectivity index (χ4v) is 8.73. The molecule has 8 N–H and O–H groups in total. The van der Waals surface area contributed by atoms with Gasteiger partial charge in [-0.1, -0.05) is 19.1 Å². The molecular formula is C33H41N3O16S2. The molecule has 4 heterocycles. The fourth-order valence-electron chi connectivity index (χ4n) is 6.34. The second kappa shape index (κ2) is 14.4. The molecule has 296 valence electrons. The van der Waals surface area contributed by atoms with E-state index < -0.39 is 70.2 Å². The smallest absolute Gasteiger partial charge is 0.435 e. The molecule has 0 radical (unpaired) electrons. The molecule has 1 aromatic heterocycles. The maximum atomic E-state index is 14.0. The van der Waals surface area contributed by atoms with E-state index in [0.29, 0.717) is 10.6 Å². The molecule has 21 heteroatoms. The molecule has 5 atom stereocenters. The van der Waals surface area contributed by atoms with Crippen LogP contribution in [-0.4, -0.2) is 109 Å². The van der Waals surface area contributed by atoms with E-state index in [1.165, 1.54) is 41.0 Å². The third-order valence-corrected chi connectivity index (χ3v) is 12.0. The zero-order valence-corrected chi connectivity index (χ0v) is 31.0. The number of aromatic nitrogens is 1. The molecule has 2 fully saturated rings. The van der Waals surface area contributed by atoms with Crippen molar-refractivity contribution in [2.24, 2.45) is 11.8 Å². The Morgan fingerprint density at radius 1 is 1.07 bits per heavy atom. The highest BCUT2D eigenvalue weighted by Crippen LogP contribution is 2.47. The molecule has 0 saturated carbocycles. The minimum atomic E-state index is -4.30. The Morgan fingerprint density at radius 3 is 2.41 bits per heavy atom. The van der Waals surface area contributed by atoms with Crippen LogP contribution in [-0.2, 0) is 36.6 Å². The SMILES string of the molecule is Cc1nc(C(O)(O)Oc2ccc(CC(NC(=O)OC3(O)C4CCOC4OC3(O)O)C(C)CN(C(C)C)S(=O)(=O)c3ccc4c(c3)OC(O)(O)O4)cc2)cs1. The first kappa shape index (κ1) is 40.0. The van der Waals surface area contributed by atoms with E-state index >= 15 is 0 Å². The second-order valence-corrected chi connectivity index (χ2v) is 16.5. The molecule has 3 aliphatic heterocycles. The van der Waals surface area contributed by atoms with E-state index in [-0.39, 0.29) is 53.8 Å². The van der Waals surface area contributed by atoms with Gasteiger partial charge in [-0.2, -0.15) is 4.31 Å². The first-order chi connectivity index (χ1) is 25.1. The zero-order chi connectivity index (χ0) is 39.4. The number of carbonyl (C=O) groups excluding carboxylic acids is 1. The number of carbonyl (C=O) groups is 1. The topological polar surface area (TPSA) is 276 Å². The fraction of sp³-hybridized carbons (Fsp3) is 0.515. The molecule has 5 unspecified atom stereocenters. The summed E-state index contributed by atoms with van der Waals surface area (Å²) >= 11 is 1.20. The monoisotopic (exact) mass is 799 g/mol. The predicted octanol–water partition coefficient (Wildman–Crippen LogP) is 0.0850. The summed E-state index contributed by atoms with van der Waals surface area (Å²) in [6.45, 7) is 6.50. The summed E-state index contributed by atoms with van der Waals surface area (Å²) in [5.41, 5.74) is 0.452. The van der Waals surface area contributed by atoms with Crippen molar-refractivity contribution < 1.29 is 77.4 Å². The Kier molecular flexibility index (Phi) is 10.7. The number of hydrogen-bond donors (Lipinski definition) is 8. The van der Waals surface area contributed by atoms with Crippen molar-refractivity contribution in [1.29, 1.82) is 0 Å². The van der Waals surface area contributed by atoms with Crippen LogP contribution < -0.4 is 19.5 Å². The van der Waals surface area contributed by atoms with Gasteiger partial charge in [0.1, 0.15) is 5.75 Å². The highest BCUT2D eigenvalue weighted by Gasteiger charge is 2.70. The van der Waals surface area contributed by atoms with E-state index in [0.717, 1.165) is 10.4 Å². The third kappa shape index (κ3) is 7.99. The number of hydrogen-bond acceptors (Lipinski definition) is 18. The molecule has 0 aliphatic carbocycles. The van der Waals surface area contributed by atoms with E-state index in [2.05, 4.69) is 10.3 Å². The Bertz CT molecular complexity index is 1950. The van der Waals surface area contributed by atoms with Crippen molar-refractivity contribution in [3.05, 3.63) is 64.1 Å². The minimum absolute atomic E-state index is 0.0177. The lowest BCUT2D eigenvalue weighted by Crippen LogP contribution is -2.59. The molecule has 1 amide bonds. The number of rotatable bonds is 13. The van der Waals surface area contributed by atoms with Crippen molar-refractivity contribution >= 4 is 27.5 Å². The third-order valence-electron chi connectivity index (χ3n) is 9.17. The average molecular weight is 800 g/mol. The van der Waals surface area contributed by atoms with Gasteiger partial charge in [-0.3, -0.25) is 14.9 Å². The lowest BCUT2D eigenvalue weighted by Gasteiger charge is -2.35. The summed E-state index contributed by atoms with van der Waals surface area (Å²) in [7, 11) is -4.30. The highest BCUT2D eigenvalue weighted by atomic mass is 32.2. The van der Waals surface area contributed by atoms with E-state index in [9.17, 15) is 49.0 Å². The van der Waals surface area contributed by atoms with Gasteiger partial charge in [0.2, 0.25) is 10.0 Å². The minimum Gasteiger partial charge on any atom is -0.435 e. The van der Waals surface area contributed by atoms with Gasteiger partial charge < -0.3 is 54.5 Å². The number of aliphatic hydroxyl groups is 7. The van der Waals surface area contributed by atoms with Gasteiger partial charge in [0.15, 0.2) is 23.5 Å². The number of alkyl carbamates (subject to hydrolysis) is 1. The predicted molar refractivity (Wildman–Crippen MR) is 181 cm³/mol. The van der Waals surface area contributed by atoms with Gasteiger partial charge in [-0.15, -0.1) is 11.3 Å². The van der Waals surface area contributed by atoms with Gasteiger partial charge in [-0.25, -0.2) is 18.2 Å². The Hall–Kier alpha value is -3.71. The highest BCUT2D eigenvalue weighted by molar-refractivity contribution is 7.89. The summed E-state index contributed by atoms with van der Waals surface area (Å²) in [6, 6.07) is 7.93.